The number of piperazine rings is 1. The lowest BCUT2D eigenvalue weighted by molar-refractivity contribution is 0.246. The second-order valence-corrected chi connectivity index (χ2v) is 6.02. The van der Waals surface area contributed by atoms with E-state index >= 15 is 0 Å². The molecule has 3 aromatic heterocycles. The summed E-state index contributed by atoms with van der Waals surface area (Å²) in [5, 5.41) is 0. The van der Waals surface area contributed by atoms with Crippen LogP contribution < -0.4 is 4.90 Å². The molecule has 0 bridgehead atoms. The van der Waals surface area contributed by atoms with Crippen LogP contribution in [0.3, 0.4) is 0 Å². The average molecular weight is 308 g/mol. The fourth-order valence-electron chi connectivity index (χ4n) is 3.02. The van der Waals surface area contributed by atoms with Crippen molar-refractivity contribution in [2.75, 3.05) is 31.1 Å². The van der Waals surface area contributed by atoms with Gasteiger partial charge in [0.25, 0.3) is 0 Å². The number of aryl methyl sites for hydroxylation is 1. The second-order valence-electron chi connectivity index (χ2n) is 6.02. The molecule has 0 saturated carbocycles. The molecule has 0 N–H and O–H groups in total. The molecule has 0 amide bonds. The number of hydrogen-bond acceptors (Lipinski definition) is 5. The quantitative estimate of drug-likeness (QED) is 0.738. The first-order chi connectivity index (χ1) is 11.3. The highest BCUT2D eigenvalue weighted by Crippen LogP contribution is 2.13. The summed E-state index contributed by atoms with van der Waals surface area (Å²) < 4.78 is 2.11. The Balaban J connectivity index is 1.40. The summed E-state index contributed by atoms with van der Waals surface area (Å²) in [6.45, 7) is 6.91. The van der Waals surface area contributed by atoms with Crippen LogP contribution in [0.5, 0.6) is 0 Å². The molecule has 0 spiro atoms. The van der Waals surface area contributed by atoms with Crippen molar-refractivity contribution in [2.24, 2.45) is 0 Å². The number of rotatable bonds is 3. The minimum atomic E-state index is 0.829. The summed E-state index contributed by atoms with van der Waals surface area (Å²) in [6, 6.07) is 6.03. The zero-order chi connectivity index (χ0) is 15.6. The third-order valence-electron chi connectivity index (χ3n) is 4.24. The van der Waals surface area contributed by atoms with Gasteiger partial charge in [0.1, 0.15) is 5.65 Å². The normalized spacial score (nSPS) is 16.1. The fraction of sp³-hybridized carbons (Fsp3) is 0.353. The average Bonchev–Trinajstić information content (AvgIpc) is 2.97. The van der Waals surface area contributed by atoms with E-state index in [1.165, 1.54) is 5.56 Å². The molecule has 6 nitrogen and oxygen atoms in total. The molecular weight excluding hydrogens is 288 g/mol. The lowest BCUT2D eigenvalue weighted by Crippen LogP contribution is -2.46. The van der Waals surface area contributed by atoms with E-state index in [-0.39, 0.29) is 0 Å². The highest BCUT2D eigenvalue weighted by atomic mass is 15.3. The second kappa shape index (κ2) is 5.96. The van der Waals surface area contributed by atoms with Crippen molar-refractivity contribution in [1.82, 2.24) is 24.3 Å². The lowest BCUT2D eigenvalue weighted by atomic mass is 10.3. The third-order valence-corrected chi connectivity index (χ3v) is 4.24. The molecule has 1 saturated heterocycles. The third kappa shape index (κ3) is 3.03. The van der Waals surface area contributed by atoms with Crippen LogP contribution in [0, 0.1) is 6.92 Å². The highest BCUT2D eigenvalue weighted by molar-refractivity contribution is 5.41. The van der Waals surface area contributed by atoms with Crippen molar-refractivity contribution in [3.05, 3.63) is 54.2 Å². The van der Waals surface area contributed by atoms with Crippen molar-refractivity contribution in [3.63, 3.8) is 0 Å². The molecule has 0 aromatic carbocycles. The van der Waals surface area contributed by atoms with Gasteiger partial charge in [-0.2, -0.15) is 0 Å². The van der Waals surface area contributed by atoms with Gasteiger partial charge in [-0.15, -0.1) is 0 Å². The highest BCUT2D eigenvalue weighted by Gasteiger charge is 2.19. The number of pyridine rings is 1. The summed E-state index contributed by atoms with van der Waals surface area (Å²) >= 11 is 0. The molecule has 4 rings (SSSR count). The van der Waals surface area contributed by atoms with Gasteiger partial charge in [-0.05, 0) is 24.6 Å². The fourth-order valence-corrected chi connectivity index (χ4v) is 3.02. The van der Waals surface area contributed by atoms with Crippen molar-refractivity contribution >= 4 is 11.6 Å². The van der Waals surface area contributed by atoms with Crippen LogP contribution in [-0.4, -0.2) is 50.4 Å². The smallest absolute Gasteiger partial charge is 0.225 e. The van der Waals surface area contributed by atoms with Gasteiger partial charge in [0.2, 0.25) is 5.95 Å². The number of anilines is 1. The maximum Gasteiger partial charge on any atom is 0.225 e. The minimum Gasteiger partial charge on any atom is -0.338 e. The number of hydrogen-bond donors (Lipinski definition) is 0. The van der Waals surface area contributed by atoms with Gasteiger partial charge in [-0.3, -0.25) is 4.90 Å². The van der Waals surface area contributed by atoms with Gasteiger partial charge in [0.05, 0.1) is 5.69 Å². The van der Waals surface area contributed by atoms with Gasteiger partial charge in [-0.1, -0.05) is 6.07 Å². The molecule has 0 unspecified atom stereocenters. The van der Waals surface area contributed by atoms with Crippen molar-refractivity contribution in [3.8, 4) is 0 Å². The summed E-state index contributed by atoms with van der Waals surface area (Å²) in [6.07, 6.45) is 7.85. The predicted octanol–water partition coefficient (Wildman–Crippen LogP) is 1.75. The first kappa shape index (κ1) is 14.1. The van der Waals surface area contributed by atoms with Crippen LogP contribution in [-0.2, 0) is 6.54 Å². The van der Waals surface area contributed by atoms with Crippen LogP contribution in [0.2, 0.25) is 0 Å². The molecule has 0 aliphatic carbocycles. The Morgan fingerprint density at radius 3 is 2.57 bits per heavy atom. The van der Waals surface area contributed by atoms with Crippen LogP contribution in [0.15, 0.2) is 43.0 Å². The minimum absolute atomic E-state index is 0.829. The molecule has 1 aliphatic heterocycles. The van der Waals surface area contributed by atoms with Crippen LogP contribution >= 0.6 is 0 Å². The van der Waals surface area contributed by atoms with E-state index in [4.69, 9.17) is 4.98 Å². The maximum absolute atomic E-state index is 4.71. The molecule has 1 fully saturated rings. The van der Waals surface area contributed by atoms with Gasteiger partial charge in [-0.25, -0.2) is 15.0 Å². The summed E-state index contributed by atoms with van der Waals surface area (Å²) in [5.41, 5.74) is 3.39. The van der Waals surface area contributed by atoms with E-state index in [9.17, 15) is 0 Å². The molecule has 3 aromatic rings. The number of imidazole rings is 1. The Kier molecular flexibility index (Phi) is 3.67. The van der Waals surface area contributed by atoms with Crippen molar-refractivity contribution in [2.45, 2.75) is 13.5 Å². The lowest BCUT2D eigenvalue weighted by Gasteiger charge is -2.34. The van der Waals surface area contributed by atoms with E-state index in [1.807, 2.05) is 6.07 Å². The standard InChI is InChI=1S/C17H20N6/c1-14-3-4-16-20-15(13-23(16)11-14)12-21-7-9-22(10-8-21)17-18-5-2-6-19-17/h2-6,11,13H,7-10,12H2,1H3. The predicted molar refractivity (Wildman–Crippen MR) is 89.5 cm³/mol. The summed E-state index contributed by atoms with van der Waals surface area (Å²) in [5.74, 6) is 0.829. The van der Waals surface area contributed by atoms with Gasteiger partial charge >= 0.3 is 0 Å². The molecule has 1 aliphatic rings. The summed E-state index contributed by atoms with van der Waals surface area (Å²) in [7, 11) is 0. The largest absolute Gasteiger partial charge is 0.338 e. The van der Waals surface area contributed by atoms with E-state index < -0.39 is 0 Å². The number of aromatic nitrogens is 4. The van der Waals surface area contributed by atoms with E-state index in [0.717, 1.165) is 50.0 Å². The molecule has 4 heterocycles. The van der Waals surface area contributed by atoms with E-state index in [0.29, 0.717) is 0 Å². The van der Waals surface area contributed by atoms with Gasteiger partial charge in [0, 0.05) is 57.5 Å². The molecule has 118 valence electrons. The van der Waals surface area contributed by atoms with Gasteiger partial charge < -0.3 is 9.30 Å². The molecule has 6 heteroatoms. The first-order valence-electron chi connectivity index (χ1n) is 7.96. The molecule has 0 atom stereocenters. The zero-order valence-corrected chi connectivity index (χ0v) is 13.3. The van der Waals surface area contributed by atoms with Crippen LogP contribution in [0.25, 0.3) is 5.65 Å². The van der Waals surface area contributed by atoms with Crippen molar-refractivity contribution < 1.29 is 0 Å². The van der Waals surface area contributed by atoms with Crippen LogP contribution in [0.1, 0.15) is 11.3 Å². The number of fused-ring (bicyclic) bond motifs is 1. The van der Waals surface area contributed by atoms with E-state index in [1.54, 1.807) is 12.4 Å². The number of nitrogens with zero attached hydrogens (tertiary/aromatic N) is 6. The summed E-state index contributed by atoms with van der Waals surface area (Å²) in [4.78, 5) is 18.0. The van der Waals surface area contributed by atoms with Crippen molar-refractivity contribution in [1.29, 1.82) is 0 Å². The van der Waals surface area contributed by atoms with Gasteiger partial charge in [0.15, 0.2) is 0 Å². The molecular formula is C17H20N6. The SMILES string of the molecule is Cc1ccc2nc(CN3CCN(c4ncccn4)CC3)cn2c1. The van der Waals surface area contributed by atoms with Crippen LogP contribution in [0.4, 0.5) is 5.95 Å². The maximum atomic E-state index is 4.71. The monoisotopic (exact) mass is 308 g/mol. The Labute approximate surface area is 135 Å². The zero-order valence-electron chi connectivity index (χ0n) is 13.3. The Bertz CT molecular complexity index is 789. The first-order valence-corrected chi connectivity index (χ1v) is 7.96. The molecule has 0 radical (unpaired) electrons. The Morgan fingerprint density at radius 1 is 1.00 bits per heavy atom. The van der Waals surface area contributed by atoms with E-state index in [2.05, 4.69) is 55.6 Å². The molecule has 23 heavy (non-hydrogen) atoms. The topological polar surface area (TPSA) is 49.6 Å². The Hall–Kier alpha value is -2.47. The Morgan fingerprint density at radius 2 is 1.78 bits per heavy atom.